The summed E-state index contributed by atoms with van der Waals surface area (Å²) in [5.74, 6) is 0. The van der Waals surface area contributed by atoms with Crippen molar-refractivity contribution in [1.82, 2.24) is 0 Å². The maximum absolute atomic E-state index is 5.84. The molecule has 1 fully saturated rings. The molecule has 1 heterocycles. The Labute approximate surface area is 119 Å². The van der Waals surface area contributed by atoms with Crippen molar-refractivity contribution in [3.05, 3.63) is 71.8 Å². The van der Waals surface area contributed by atoms with Crippen molar-refractivity contribution in [2.24, 2.45) is 0 Å². The summed E-state index contributed by atoms with van der Waals surface area (Å²) >= 11 is 0. The van der Waals surface area contributed by atoms with Gasteiger partial charge in [0.2, 0.25) is 0 Å². The highest BCUT2D eigenvalue weighted by Crippen LogP contribution is 2.26. The van der Waals surface area contributed by atoms with Crippen molar-refractivity contribution in [1.29, 1.82) is 0 Å². The highest BCUT2D eigenvalue weighted by Gasteiger charge is 2.27. The molecule has 20 heavy (non-hydrogen) atoms. The van der Waals surface area contributed by atoms with Crippen LogP contribution in [0.3, 0.4) is 0 Å². The Morgan fingerprint density at radius 1 is 0.950 bits per heavy atom. The van der Waals surface area contributed by atoms with E-state index in [1.54, 1.807) is 0 Å². The second kappa shape index (κ2) is 6.66. The number of hydrogen-bond acceptors (Lipinski definition) is 3. The molecule has 3 rings (SSSR count). The molecule has 1 aliphatic rings. The smallest absolute Gasteiger partial charge is 0.184 e. The van der Waals surface area contributed by atoms with Crippen molar-refractivity contribution in [2.45, 2.75) is 19.0 Å². The third-order valence-corrected chi connectivity index (χ3v) is 3.24. The van der Waals surface area contributed by atoms with Gasteiger partial charge in [-0.1, -0.05) is 60.7 Å². The first-order valence-corrected chi connectivity index (χ1v) is 6.85. The molecule has 1 aliphatic heterocycles. The monoisotopic (exact) mass is 270 g/mol. The summed E-state index contributed by atoms with van der Waals surface area (Å²) in [4.78, 5) is 0. The number of benzene rings is 2. The van der Waals surface area contributed by atoms with Gasteiger partial charge in [0, 0.05) is 5.56 Å². The lowest BCUT2D eigenvalue weighted by atomic mass is 10.2. The Bertz CT molecular complexity index is 512. The lowest BCUT2D eigenvalue weighted by molar-refractivity contribution is -0.0751. The minimum atomic E-state index is -0.262. The van der Waals surface area contributed by atoms with E-state index in [2.05, 4.69) is 12.1 Å². The van der Waals surface area contributed by atoms with E-state index in [0.29, 0.717) is 19.8 Å². The second-order valence-electron chi connectivity index (χ2n) is 4.83. The minimum Gasteiger partial charge on any atom is -0.374 e. The third-order valence-electron chi connectivity index (χ3n) is 3.24. The van der Waals surface area contributed by atoms with Crippen LogP contribution in [0.25, 0.3) is 0 Å². The molecule has 2 unspecified atom stereocenters. The predicted molar refractivity (Wildman–Crippen MR) is 76.1 cm³/mol. The van der Waals surface area contributed by atoms with Crippen molar-refractivity contribution < 1.29 is 14.2 Å². The molecular weight excluding hydrogens is 252 g/mol. The molecular formula is C17H18O3. The highest BCUT2D eigenvalue weighted by molar-refractivity contribution is 5.16. The van der Waals surface area contributed by atoms with Gasteiger partial charge in [-0.25, -0.2) is 0 Å². The van der Waals surface area contributed by atoms with Crippen molar-refractivity contribution in [2.75, 3.05) is 13.2 Å². The molecule has 104 valence electrons. The predicted octanol–water partition coefficient (Wildman–Crippen LogP) is 3.32. The van der Waals surface area contributed by atoms with E-state index in [-0.39, 0.29) is 12.4 Å². The fourth-order valence-corrected chi connectivity index (χ4v) is 2.20. The van der Waals surface area contributed by atoms with Crippen molar-refractivity contribution >= 4 is 0 Å². The lowest BCUT2D eigenvalue weighted by Crippen LogP contribution is -2.17. The summed E-state index contributed by atoms with van der Waals surface area (Å²) < 4.78 is 17.2. The van der Waals surface area contributed by atoms with E-state index in [1.807, 2.05) is 48.5 Å². The summed E-state index contributed by atoms with van der Waals surface area (Å²) in [6.45, 7) is 1.74. The number of hydrogen-bond donors (Lipinski definition) is 0. The molecule has 0 bridgehead atoms. The zero-order valence-corrected chi connectivity index (χ0v) is 11.3. The molecule has 0 aliphatic carbocycles. The molecule has 0 amide bonds. The zero-order chi connectivity index (χ0) is 13.6. The van der Waals surface area contributed by atoms with E-state index < -0.39 is 0 Å². The Balaban J connectivity index is 1.44. The largest absolute Gasteiger partial charge is 0.374 e. The molecule has 0 spiro atoms. The normalized spacial score (nSPS) is 22.0. The van der Waals surface area contributed by atoms with E-state index >= 15 is 0 Å². The van der Waals surface area contributed by atoms with Crippen LogP contribution in [0.15, 0.2) is 60.7 Å². The summed E-state index contributed by atoms with van der Waals surface area (Å²) in [7, 11) is 0. The summed E-state index contributed by atoms with van der Waals surface area (Å²) in [6, 6.07) is 20.1. The second-order valence-corrected chi connectivity index (χ2v) is 4.83. The quantitative estimate of drug-likeness (QED) is 0.834. The molecule has 2 aromatic rings. The van der Waals surface area contributed by atoms with Crippen molar-refractivity contribution in [3.63, 3.8) is 0 Å². The van der Waals surface area contributed by atoms with Gasteiger partial charge in [-0.3, -0.25) is 0 Å². The molecule has 0 saturated carbocycles. The van der Waals surface area contributed by atoms with Crippen LogP contribution in [0.1, 0.15) is 17.4 Å². The number of rotatable bonds is 5. The zero-order valence-electron chi connectivity index (χ0n) is 11.3. The minimum absolute atomic E-state index is 0.00363. The first-order chi connectivity index (χ1) is 9.92. The molecule has 2 atom stereocenters. The van der Waals surface area contributed by atoms with E-state index in [9.17, 15) is 0 Å². The standard InChI is InChI=1S/C17H18O3/c1-3-7-14(8-4-1)11-18-12-16-13-19-17(20-16)15-9-5-2-6-10-15/h1-10,16-17H,11-13H2. The fraction of sp³-hybridized carbons (Fsp3) is 0.294. The van der Waals surface area contributed by atoms with E-state index in [4.69, 9.17) is 14.2 Å². The van der Waals surface area contributed by atoms with Crippen LogP contribution in [0, 0.1) is 0 Å². The molecule has 3 heteroatoms. The molecule has 1 saturated heterocycles. The molecule has 0 aromatic heterocycles. The van der Waals surface area contributed by atoms with Crippen LogP contribution in [0.5, 0.6) is 0 Å². The SMILES string of the molecule is c1ccc(COCC2COC(c3ccccc3)O2)cc1. The summed E-state index contributed by atoms with van der Waals surface area (Å²) in [5, 5.41) is 0. The van der Waals surface area contributed by atoms with Crippen LogP contribution in [-0.4, -0.2) is 19.3 Å². The van der Waals surface area contributed by atoms with Gasteiger partial charge in [-0.2, -0.15) is 0 Å². The van der Waals surface area contributed by atoms with Crippen molar-refractivity contribution in [3.8, 4) is 0 Å². The maximum Gasteiger partial charge on any atom is 0.184 e. The maximum atomic E-state index is 5.84. The van der Waals surface area contributed by atoms with Gasteiger partial charge in [0.25, 0.3) is 0 Å². The van der Waals surface area contributed by atoms with Crippen LogP contribution < -0.4 is 0 Å². The average Bonchev–Trinajstić information content (AvgIpc) is 2.98. The van der Waals surface area contributed by atoms with E-state index in [1.165, 1.54) is 5.56 Å². The summed E-state index contributed by atoms with van der Waals surface area (Å²) in [6.07, 6.45) is -0.259. The molecule has 0 radical (unpaired) electrons. The van der Waals surface area contributed by atoms with Gasteiger partial charge < -0.3 is 14.2 Å². The van der Waals surface area contributed by atoms with Crippen LogP contribution in [0.2, 0.25) is 0 Å². The van der Waals surface area contributed by atoms with Gasteiger partial charge >= 0.3 is 0 Å². The third kappa shape index (κ3) is 3.45. The van der Waals surface area contributed by atoms with Crippen LogP contribution in [-0.2, 0) is 20.8 Å². The Hall–Kier alpha value is -1.68. The molecule has 2 aromatic carbocycles. The van der Waals surface area contributed by atoms with Gasteiger partial charge in [-0.15, -0.1) is 0 Å². The highest BCUT2D eigenvalue weighted by atomic mass is 16.7. The lowest BCUT2D eigenvalue weighted by Gasteiger charge is -2.12. The van der Waals surface area contributed by atoms with Gasteiger partial charge in [0.15, 0.2) is 6.29 Å². The average molecular weight is 270 g/mol. The van der Waals surface area contributed by atoms with Gasteiger partial charge in [0.05, 0.1) is 19.8 Å². The topological polar surface area (TPSA) is 27.7 Å². The number of ether oxygens (including phenoxy) is 3. The Morgan fingerprint density at radius 2 is 1.65 bits per heavy atom. The first kappa shape index (κ1) is 13.3. The van der Waals surface area contributed by atoms with Crippen LogP contribution in [0.4, 0.5) is 0 Å². The van der Waals surface area contributed by atoms with Gasteiger partial charge in [0.1, 0.15) is 6.10 Å². The van der Waals surface area contributed by atoms with Crippen LogP contribution >= 0.6 is 0 Å². The molecule has 3 nitrogen and oxygen atoms in total. The fourth-order valence-electron chi connectivity index (χ4n) is 2.20. The molecule has 0 N–H and O–H groups in total. The van der Waals surface area contributed by atoms with Gasteiger partial charge in [-0.05, 0) is 5.56 Å². The Morgan fingerprint density at radius 3 is 2.40 bits per heavy atom. The first-order valence-electron chi connectivity index (χ1n) is 6.85. The summed E-state index contributed by atoms with van der Waals surface area (Å²) in [5.41, 5.74) is 2.23. The van der Waals surface area contributed by atoms with E-state index in [0.717, 1.165) is 5.56 Å². The Kier molecular flexibility index (Phi) is 4.43.